The molecule has 4 heteroatoms. The van der Waals surface area contributed by atoms with Crippen LogP contribution in [0, 0.1) is 20.8 Å². The molecule has 0 bridgehead atoms. The van der Waals surface area contributed by atoms with E-state index in [2.05, 4.69) is 0 Å². The summed E-state index contributed by atoms with van der Waals surface area (Å²) in [5.41, 5.74) is 5.11. The molecule has 1 heterocycles. The van der Waals surface area contributed by atoms with E-state index in [4.69, 9.17) is 4.74 Å². The van der Waals surface area contributed by atoms with Gasteiger partial charge >= 0.3 is 5.97 Å². The molecule has 0 saturated carbocycles. The van der Waals surface area contributed by atoms with E-state index in [0.29, 0.717) is 5.56 Å². The van der Waals surface area contributed by atoms with Crippen LogP contribution >= 0.6 is 0 Å². The fraction of sp³-hybridized carbons (Fsp3) is 0.312. The minimum Gasteiger partial charge on any atom is -0.496 e. The maximum absolute atomic E-state index is 11.2. The molecule has 106 valence electrons. The monoisotopic (exact) mass is 273 g/mol. The molecule has 20 heavy (non-hydrogen) atoms. The van der Waals surface area contributed by atoms with Crippen LogP contribution in [0.25, 0.3) is 11.3 Å². The average Bonchev–Trinajstić information content (AvgIpc) is 2.69. The molecule has 0 spiro atoms. The number of carboxylic acids is 1. The molecular weight excluding hydrogens is 254 g/mol. The van der Waals surface area contributed by atoms with Gasteiger partial charge in [-0.05, 0) is 50.1 Å². The third kappa shape index (κ3) is 2.18. The highest BCUT2D eigenvalue weighted by molar-refractivity contribution is 5.91. The summed E-state index contributed by atoms with van der Waals surface area (Å²) in [5, 5.41) is 9.23. The van der Waals surface area contributed by atoms with Gasteiger partial charge in [0.2, 0.25) is 0 Å². The molecule has 2 rings (SSSR count). The number of carboxylic acid groups (broad SMARTS) is 1. The van der Waals surface area contributed by atoms with E-state index in [1.165, 1.54) is 0 Å². The summed E-state index contributed by atoms with van der Waals surface area (Å²) in [6, 6.07) is 5.71. The minimum absolute atomic E-state index is 0.322. The smallest absolute Gasteiger partial charge is 0.337 e. The van der Waals surface area contributed by atoms with Crippen LogP contribution in [0.4, 0.5) is 0 Å². The number of hydrogen-bond acceptors (Lipinski definition) is 2. The number of nitrogens with zero attached hydrogens (tertiary/aromatic N) is 1. The number of benzene rings is 1. The van der Waals surface area contributed by atoms with Crippen molar-refractivity contribution in [3.8, 4) is 17.0 Å². The molecule has 2 aromatic rings. The molecule has 1 aromatic heterocycles. The van der Waals surface area contributed by atoms with Gasteiger partial charge < -0.3 is 14.4 Å². The predicted octanol–water partition coefficient (Wildman–Crippen LogP) is 3.32. The molecule has 0 aliphatic rings. The Kier molecular flexibility index (Phi) is 3.57. The van der Waals surface area contributed by atoms with Crippen LogP contribution in [0.1, 0.15) is 27.2 Å². The van der Waals surface area contributed by atoms with Crippen molar-refractivity contribution < 1.29 is 14.6 Å². The molecule has 4 nitrogen and oxygen atoms in total. The van der Waals surface area contributed by atoms with Crippen LogP contribution < -0.4 is 4.74 Å². The quantitative estimate of drug-likeness (QED) is 0.933. The predicted molar refractivity (Wildman–Crippen MR) is 78.6 cm³/mol. The van der Waals surface area contributed by atoms with E-state index in [1.807, 2.05) is 37.6 Å². The zero-order chi connectivity index (χ0) is 15.0. The first-order valence-electron chi connectivity index (χ1n) is 6.42. The molecule has 0 radical (unpaired) electrons. The topological polar surface area (TPSA) is 51.5 Å². The first-order valence-corrected chi connectivity index (χ1v) is 6.42. The second kappa shape index (κ2) is 5.04. The van der Waals surface area contributed by atoms with Crippen LogP contribution in [0.2, 0.25) is 0 Å². The summed E-state index contributed by atoms with van der Waals surface area (Å²) in [4.78, 5) is 11.2. The fourth-order valence-electron chi connectivity index (χ4n) is 2.33. The van der Waals surface area contributed by atoms with Crippen molar-refractivity contribution >= 4 is 5.97 Å². The van der Waals surface area contributed by atoms with Crippen molar-refractivity contribution in [1.82, 2.24) is 4.57 Å². The largest absolute Gasteiger partial charge is 0.496 e. The Morgan fingerprint density at radius 1 is 1.15 bits per heavy atom. The van der Waals surface area contributed by atoms with Gasteiger partial charge in [0.05, 0.1) is 18.4 Å². The molecule has 1 N–H and O–H groups in total. The van der Waals surface area contributed by atoms with Crippen LogP contribution in [0.3, 0.4) is 0 Å². The maximum Gasteiger partial charge on any atom is 0.337 e. The zero-order valence-corrected chi connectivity index (χ0v) is 12.4. The van der Waals surface area contributed by atoms with E-state index in [9.17, 15) is 9.90 Å². The number of aromatic nitrogens is 1. The molecule has 0 saturated heterocycles. The lowest BCUT2D eigenvalue weighted by molar-refractivity contribution is 0.0696. The van der Waals surface area contributed by atoms with Crippen LogP contribution in [0.15, 0.2) is 18.2 Å². The van der Waals surface area contributed by atoms with Gasteiger partial charge in [-0.15, -0.1) is 0 Å². The molecule has 0 fully saturated rings. The van der Waals surface area contributed by atoms with Gasteiger partial charge in [-0.25, -0.2) is 4.79 Å². The van der Waals surface area contributed by atoms with E-state index < -0.39 is 5.97 Å². The Balaban J connectivity index is 2.71. The maximum atomic E-state index is 11.2. The van der Waals surface area contributed by atoms with Gasteiger partial charge in [-0.3, -0.25) is 0 Å². The van der Waals surface area contributed by atoms with Gasteiger partial charge in [0.15, 0.2) is 0 Å². The second-order valence-corrected chi connectivity index (χ2v) is 5.03. The van der Waals surface area contributed by atoms with Gasteiger partial charge in [-0.2, -0.15) is 0 Å². The van der Waals surface area contributed by atoms with Crippen molar-refractivity contribution in [3.63, 3.8) is 0 Å². The van der Waals surface area contributed by atoms with Gasteiger partial charge in [0.25, 0.3) is 0 Å². The first-order chi connectivity index (χ1) is 9.36. The summed E-state index contributed by atoms with van der Waals surface area (Å²) in [7, 11) is 3.49. The molecule has 0 unspecified atom stereocenters. The minimum atomic E-state index is -0.910. The van der Waals surface area contributed by atoms with Crippen molar-refractivity contribution in [3.05, 3.63) is 40.6 Å². The molecule has 0 aliphatic carbocycles. The highest BCUT2D eigenvalue weighted by Gasteiger charge is 2.18. The summed E-state index contributed by atoms with van der Waals surface area (Å²) in [6.45, 7) is 5.87. The Morgan fingerprint density at radius 2 is 1.75 bits per heavy atom. The van der Waals surface area contributed by atoms with Gasteiger partial charge in [-0.1, -0.05) is 0 Å². The van der Waals surface area contributed by atoms with E-state index in [1.54, 1.807) is 20.1 Å². The molecular formula is C16H19NO3. The first kappa shape index (κ1) is 14.2. The fourth-order valence-corrected chi connectivity index (χ4v) is 2.33. The van der Waals surface area contributed by atoms with Crippen LogP contribution in [-0.2, 0) is 7.05 Å². The van der Waals surface area contributed by atoms with Crippen LogP contribution in [-0.4, -0.2) is 22.8 Å². The lowest BCUT2D eigenvalue weighted by Gasteiger charge is -2.13. The molecule has 0 aliphatic heterocycles. The average molecular weight is 273 g/mol. The standard InChI is InChI=1S/C16H19NO3/c1-9-6-13(15(20-5)7-10(9)2)14-8-12(16(18)19)11(3)17(14)4/h6-8H,1-5H3,(H,18,19). The summed E-state index contributed by atoms with van der Waals surface area (Å²) >= 11 is 0. The van der Waals surface area contributed by atoms with Gasteiger partial charge in [0, 0.05) is 18.3 Å². The number of methoxy groups -OCH3 is 1. The summed E-state index contributed by atoms with van der Waals surface area (Å²) < 4.78 is 7.32. The third-order valence-corrected chi connectivity index (χ3v) is 3.86. The number of hydrogen-bond donors (Lipinski definition) is 1. The van der Waals surface area contributed by atoms with Crippen molar-refractivity contribution in [2.45, 2.75) is 20.8 Å². The van der Waals surface area contributed by atoms with Crippen molar-refractivity contribution in [2.75, 3.05) is 7.11 Å². The Bertz CT molecular complexity index is 684. The van der Waals surface area contributed by atoms with Crippen molar-refractivity contribution in [2.24, 2.45) is 7.05 Å². The second-order valence-electron chi connectivity index (χ2n) is 5.03. The van der Waals surface area contributed by atoms with Crippen molar-refractivity contribution in [1.29, 1.82) is 0 Å². The van der Waals surface area contributed by atoms with E-state index >= 15 is 0 Å². The Labute approximate surface area is 118 Å². The molecule has 0 atom stereocenters. The number of aromatic carboxylic acids is 1. The van der Waals surface area contributed by atoms with E-state index in [-0.39, 0.29) is 0 Å². The Hall–Kier alpha value is -2.23. The lowest BCUT2D eigenvalue weighted by Crippen LogP contribution is -2.00. The zero-order valence-electron chi connectivity index (χ0n) is 12.4. The molecule has 1 aromatic carbocycles. The number of rotatable bonds is 3. The lowest BCUT2D eigenvalue weighted by atomic mass is 10.0. The summed E-state index contributed by atoms with van der Waals surface area (Å²) in [5.74, 6) is -0.155. The molecule has 0 amide bonds. The Morgan fingerprint density at radius 3 is 2.25 bits per heavy atom. The summed E-state index contributed by atoms with van der Waals surface area (Å²) in [6.07, 6.45) is 0. The SMILES string of the molecule is COc1cc(C)c(C)cc1-c1cc(C(=O)O)c(C)n1C. The highest BCUT2D eigenvalue weighted by atomic mass is 16.5. The third-order valence-electron chi connectivity index (χ3n) is 3.86. The van der Waals surface area contributed by atoms with Crippen LogP contribution in [0.5, 0.6) is 5.75 Å². The van der Waals surface area contributed by atoms with Gasteiger partial charge in [0.1, 0.15) is 5.75 Å². The number of ether oxygens (including phenoxy) is 1. The number of carbonyl (C=O) groups is 1. The number of aryl methyl sites for hydroxylation is 2. The van der Waals surface area contributed by atoms with E-state index in [0.717, 1.165) is 33.8 Å². The normalized spacial score (nSPS) is 10.7. The highest BCUT2D eigenvalue weighted by Crippen LogP contribution is 2.34.